The van der Waals surface area contributed by atoms with Gasteiger partial charge in [-0.1, -0.05) is 12.1 Å². The van der Waals surface area contributed by atoms with E-state index in [0.717, 1.165) is 0 Å². The van der Waals surface area contributed by atoms with Gasteiger partial charge in [-0.15, -0.1) is 0 Å². The van der Waals surface area contributed by atoms with Gasteiger partial charge in [0.15, 0.2) is 0 Å². The van der Waals surface area contributed by atoms with Gasteiger partial charge in [-0.25, -0.2) is 4.79 Å². The number of amides is 1. The Morgan fingerprint density at radius 1 is 1.14 bits per heavy atom. The van der Waals surface area contributed by atoms with E-state index in [0.29, 0.717) is 5.56 Å². The van der Waals surface area contributed by atoms with E-state index in [4.69, 9.17) is 25.4 Å². The summed E-state index contributed by atoms with van der Waals surface area (Å²) in [7, 11) is 0. The predicted molar refractivity (Wildman–Crippen MR) is 94.5 cm³/mol. The molecule has 1 aromatic heterocycles. The van der Waals surface area contributed by atoms with E-state index < -0.39 is 43.1 Å². The third kappa shape index (κ3) is 5.24. The fourth-order valence-electron chi connectivity index (χ4n) is 2.34. The van der Waals surface area contributed by atoms with Crippen LogP contribution in [-0.4, -0.2) is 68.5 Å². The number of nitrogens with two attached hydrogens (primary N) is 1. The Labute approximate surface area is 159 Å². The summed E-state index contributed by atoms with van der Waals surface area (Å²) in [6, 6.07) is 9.16. The third-order valence-electron chi connectivity index (χ3n) is 3.81. The van der Waals surface area contributed by atoms with Crippen molar-refractivity contribution in [2.45, 2.75) is 24.6 Å². The number of hydrogen-bond donors (Lipinski definition) is 5. The summed E-state index contributed by atoms with van der Waals surface area (Å²) in [4.78, 5) is 25.1. The number of aromatic nitrogens is 1. The van der Waals surface area contributed by atoms with E-state index >= 15 is 0 Å². The van der Waals surface area contributed by atoms with Gasteiger partial charge in [0.25, 0.3) is 0 Å². The minimum absolute atomic E-state index is 0.0184. The molecule has 0 aliphatic carbocycles. The largest absolute Gasteiger partial charge is 0.478 e. The van der Waals surface area contributed by atoms with Crippen LogP contribution in [0.5, 0.6) is 5.75 Å². The number of carboxylic acids is 1. The summed E-state index contributed by atoms with van der Waals surface area (Å²) in [5, 5.41) is 37.2. The highest BCUT2D eigenvalue weighted by Gasteiger charge is 2.44. The zero-order valence-electron chi connectivity index (χ0n) is 14.6. The number of para-hydroxylation sites is 1. The van der Waals surface area contributed by atoms with Gasteiger partial charge in [0, 0.05) is 12.4 Å². The standard InChI is InChI=1S/C12H14O7.C6H6N2O/c13-5-8-9(14)10(15)12(19-8)18-7-4-2-1-3-6(7)11(16)17;7-6(9)5-2-1-3-8-4-5/h1-4,8-10,12-15H,5H2,(H,16,17);1-4H,(H2,7,9)/t8-,9-,10-,12?;/m1./s1. The van der Waals surface area contributed by atoms with Crippen molar-refractivity contribution in [3.8, 4) is 5.75 Å². The van der Waals surface area contributed by atoms with Crippen LogP contribution in [0.15, 0.2) is 48.8 Å². The second kappa shape index (κ2) is 9.76. The van der Waals surface area contributed by atoms with Gasteiger partial charge in [-0.3, -0.25) is 9.78 Å². The molecule has 6 N–H and O–H groups in total. The minimum atomic E-state index is -1.36. The molecule has 1 amide bonds. The smallest absolute Gasteiger partial charge is 0.339 e. The Bertz CT molecular complexity index is 801. The SMILES string of the molecule is NC(=O)c1cccnc1.O=C(O)c1ccccc1OC1O[C@H](CO)[C@@H](O)[C@H]1O. The molecule has 0 spiro atoms. The number of aromatic carboxylic acids is 1. The summed E-state index contributed by atoms with van der Waals surface area (Å²) in [6.45, 7) is -0.474. The zero-order valence-corrected chi connectivity index (χ0v) is 14.6. The zero-order chi connectivity index (χ0) is 20.7. The number of hydrogen-bond acceptors (Lipinski definition) is 8. The highest BCUT2D eigenvalue weighted by Crippen LogP contribution is 2.26. The van der Waals surface area contributed by atoms with E-state index in [2.05, 4.69) is 4.98 Å². The Morgan fingerprint density at radius 3 is 2.36 bits per heavy atom. The second-order valence-corrected chi connectivity index (χ2v) is 5.73. The van der Waals surface area contributed by atoms with Crippen LogP contribution in [0.4, 0.5) is 0 Å². The van der Waals surface area contributed by atoms with E-state index in [9.17, 15) is 19.8 Å². The van der Waals surface area contributed by atoms with E-state index in [1.165, 1.54) is 24.4 Å². The number of carbonyl (C=O) groups excluding carboxylic acids is 1. The lowest BCUT2D eigenvalue weighted by atomic mass is 10.1. The van der Waals surface area contributed by atoms with Gasteiger partial charge in [0.05, 0.1) is 12.2 Å². The normalized spacial score (nSPS) is 23.4. The Kier molecular flexibility index (Phi) is 7.41. The molecule has 1 fully saturated rings. The van der Waals surface area contributed by atoms with Crippen molar-refractivity contribution in [3.05, 3.63) is 59.9 Å². The highest BCUT2D eigenvalue weighted by molar-refractivity contribution is 5.92. The molecule has 4 atom stereocenters. The van der Waals surface area contributed by atoms with Crippen molar-refractivity contribution in [2.24, 2.45) is 5.73 Å². The fraction of sp³-hybridized carbons (Fsp3) is 0.278. The van der Waals surface area contributed by atoms with Gasteiger partial charge in [-0.05, 0) is 24.3 Å². The number of aliphatic hydroxyl groups excluding tert-OH is 3. The molecule has 2 heterocycles. The van der Waals surface area contributed by atoms with Crippen LogP contribution < -0.4 is 10.5 Å². The fourth-order valence-corrected chi connectivity index (χ4v) is 2.34. The lowest BCUT2D eigenvalue weighted by Crippen LogP contribution is -2.35. The quantitative estimate of drug-likeness (QED) is 0.444. The minimum Gasteiger partial charge on any atom is -0.478 e. The van der Waals surface area contributed by atoms with Gasteiger partial charge in [0.2, 0.25) is 12.2 Å². The molecule has 150 valence electrons. The van der Waals surface area contributed by atoms with E-state index in [1.807, 2.05) is 0 Å². The number of carbonyl (C=O) groups is 2. The number of benzene rings is 1. The molecule has 10 nitrogen and oxygen atoms in total. The number of nitrogens with zero attached hydrogens (tertiary/aromatic N) is 1. The summed E-state index contributed by atoms with van der Waals surface area (Å²) in [5.41, 5.74) is 5.29. The van der Waals surface area contributed by atoms with Crippen LogP contribution in [0.2, 0.25) is 0 Å². The van der Waals surface area contributed by atoms with Crippen LogP contribution in [0.25, 0.3) is 0 Å². The molecule has 1 unspecified atom stereocenters. The molecule has 0 bridgehead atoms. The summed E-state index contributed by atoms with van der Waals surface area (Å²) in [6.07, 6.45) is -1.81. The highest BCUT2D eigenvalue weighted by atomic mass is 16.7. The average Bonchev–Trinajstić information content (AvgIpc) is 2.97. The summed E-state index contributed by atoms with van der Waals surface area (Å²) >= 11 is 0. The lowest BCUT2D eigenvalue weighted by Gasteiger charge is -2.17. The van der Waals surface area contributed by atoms with Crippen molar-refractivity contribution in [1.29, 1.82) is 0 Å². The van der Waals surface area contributed by atoms with Crippen molar-refractivity contribution in [3.63, 3.8) is 0 Å². The maximum Gasteiger partial charge on any atom is 0.339 e. The average molecular weight is 392 g/mol. The van der Waals surface area contributed by atoms with Gasteiger partial charge in [-0.2, -0.15) is 0 Å². The molecule has 2 aromatic rings. The number of ether oxygens (including phenoxy) is 2. The monoisotopic (exact) mass is 392 g/mol. The maximum atomic E-state index is 11.0. The molecule has 1 aliphatic heterocycles. The molecular formula is C18H20N2O8. The molecule has 10 heteroatoms. The summed E-state index contributed by atoms with van der Waals surface area (Å²) in [5.74, 6) is -1.60. The van der Waals surface area contributed by atoms with Crippen molar-refractivity contribution in [2.75, 3.05) is 6.61 Å². The number of carboxylic acid groups (broad SMARTS) is 1. The van der Waals surface area contributed by atoms with Crippen molar-refractivity contribution >= 4 is 11.9 Å². The molecule has 28 heavy (non-hydrogen) atoms. The first-order chi connectivity index (χ1) is 13.3. The first-order valence-electron chi connectivity index (χ1n) is 8.16. The lowest BCUT2D eigenvalue weighted by molar-refractivity contribution is -0.116. The topological polar surface area (TPSA) is 172 Å². The second-order valence-electron chi connectivity index (χ2n) is 5.73. The first-order valence-corrected chi connectivity index (χ1v) is 8.16. The van der Waals surface area contributed by atoms with Crippen molar-refractivity contribution in [1.82, 2.24) is 4.98 Å². The van der Waals surface area contributed by atoms with Crippen LogP contribution in [-0.2, 0) is 4.74 Å². The summed E-state index contributed by atoms with van der Waals surface area (Å²) < 4.78 is 10.4. The predicted octanol–water partition coefficient (Wildman–Crippen LogP) is -0.617. The maximum absolute atomic E-state index is 11.0. The van der Waals surface area contributed by atoms with Crippen LogP contribution in [0.3, 0.4) is 0 Å². The number of aliphatic hydroxyl groups is 3. The molecule has 1 saturated heterocycles. The third-order valence-corrected chi connectivity index (χ3v) is 3.81. The molecule has 3 rings (SSSR count). The Balaban J connectivity index is 0.000000261. The molecule has 0 radical (unpaired) electrons. The Morgan fingerprint density at radius 2 is 1.86 bits per heavy atom. The number of pyridine rings is 1. The van der Waals surface area contributed by atoms with Crippen LogP contribution >= 0.6 is 0 Å². The van der Waals surface area contributed by atoms with Crippen LogP contribution in [0, 0.1) is 0 Å². The number of primary amides is 1. The first kappa shape index (κ1) is 21.3. The van der Waals surface area contributed by atoms with Gasteiger partial charge < -0.3 is 35.6 Å². The van der Waals surface area contributed by atoms with Crippen LogP contribution in [0.1, 0.15) is 20.7 Å². The van der Waals surface area contributed by atoms with E-state index in [1.54, 1.807) is 24.4 Å². The van der Waals surface area contributed by atoms with Crippen molar-refractivity contribution < 1.29 is 39.5 Å². The molecular weight excluding hydrogens is 372 g/mol. The number of rotatable bonds is 5. The molecule has 1 aliphatic rings. The van der Waals surface area contributed by atoms with E-state index in [-0.39, 0.29) is 11.3 Å². The van der Waals surface area contributed by atoms with Gasteiger partial charge in [0.1, 0.15) is 29.6 Å². The molecule has 0 saturated carbocycles. The molecule has 1 aromatic carbocycles. The Hall–Kier alpha value is -3.05. The van der Waals surface area contributed by atoms with Gasteiger partial charge >= 0.3 is 5.97 Å².